The molecule has 174 valence electrons. The van der Waals surface area contributed by atoms with Gasteiger partial charge in [0.25, 0.3) is 5.91 Å². The minimum Gasteiger partial charge on any atom is -0.497 e. The van der Waals surface area contributed by atoms with Crippen molar-refractivity contribution in [2.75, 3.05) is 12.4 Å². The smallest absolute Gasteiger partial charge is 0.337 e. The summed E-state index contributed by atoms with van der Waals surface area (Å²) in [5.74, 6) is -0.0109. The summed E-state index contributed by atoms with van der Waals surface area (Å²) in [6, 6.07) is 18.7. The summed E-state index contributed by atoms with van der Waals surface area (Å²) in [5, 5.41) is 9.97. The normalized spacial score (nSPS) is 11.4. The lowest BCUT2D eigenvalue weighted by Crippen LogP contribution is -2.44. The topological polar surface area (TPSA) is 125 Å². The van der Waals surface area contributed by atoms with E-state index >= 15 is 0 Å². The molecule has 0 unspecified atom stereocenters. The molecule has 1 aliphatic rings. The van der Waals surface area contributed by atoms with Crippen molar-refractivity contribution in [2.45, 2.75) is 6.92 Å². The lowest BCUT2D eigenvalue weighted by Gasteiger charge is -2.12. The minimum absolute atomic E-state index is 0.255. The van der Waals surface area contributed by atoms with Gasteiger partial charge in [-0.25, -0.2) is 10.2 Å². The molecule has 1 aliphatic carbocycles. The number of nitrogens with zero attached hydrogens (tertiary/aromatic N) is 1. The Bertz CT molecular complexity index is 1470. The highest BCUT2D eigenvalue weighted by molar-refractivity contribution is 6.27. The first-order valence-electron chi connectivity index (χ1n) is 10.8. The van der Waals surface area contributed by atoms with Crippen molar-refractivity contribution < 1.29 is 19.1 Å². The van der Waals surface area contributed by atoms with Gasteiger partial charge in [-0.15, -0.1) is 0 Å². The highest BCUT2D eigenvalue weighted by atomic mass is 16.5. The molecule has 1 heterocycles. The Labute approximate surface area is 200 Å². The van der Waals surface area contributed by atoms with Crippen LogP contribution in [-0.2, 0) is 0 Å². The van der Waals surface area contributed by atoms with E-state index < -0.39 is 11.9 Å². The number of amides is 3. The number of anilines is 1. The maximum atomic E-state index is 13.4. The van der Waals surface area contributed by atoms with Crippen LogP contribution in [0.2, 0.25) is 0 Å². The number of rotatable bonds is 4. The summed E-state index contributed by atoms with van der Waals surface area (Å²) < 4.78 is 5.20. The molecule has 35 heavy (non-hydrogen) atoms. The molecule has 9 nitrogen and oxygen atoms in total. The molecule has 4 N–H and O–H groups in total. The van der Waals surface area contributed by atoms with Crippen molar-refractivity contribution >= 4 is 23.4 Å². The Balaban J connectivity index is 1.35. The van der Waals surface area contributed by atoms with Crippen molar-refractivity contribution in [3.05, 3.63) is 89.0 Å². The first-order chi connectivity index (χ1) is 17.0. The van der Waals surface area contributed by atoms with Gasteiger partial charge >= 0.3 is 6.03 Å². The number of H-pyrrole nitrogens is 1. The second-order valence-electron chi connectivity index (χ2n) is 8.01. The SMILES string of the molecule is COc1ccc(-c2[nH]nc3c2C(=O)c2c(NC(=O)NNC(=O)c4cccc(C)c4)cccc2-3)cc1. The molecule has 0 radical (unpaired) electrons. The van der Waals surface area contributed by atoms with Crippen molar-refractivity contribution in [3.8, 4) is 28.3 Å². The second kappa shape index (κ2) is 8.79. The number of carbonyl (C=O) groups is 3. The van der Waals surface area contributed by atoms with E-state index in [9.17, 15) is 14.4 Å². The predicted octanol–water partition coefficient (Wildman–Crippen LogP) is 4.07. The second-order valence-corrected chi connectivity index (χ2v) is 8.01. The van der Waals surface area contributed by atoms with Gasteiger partial charge < -0.3 is 10.1 Å². The number of urea groups is 1. The van der Waals surface area contributed by atoms with Gasteiger partial charge in [-0.05, 0) is 49.4 Å². The number of aromatic nitrogens is 2. The average molecular weight is 467 g/mol. The van der Waals surface area contributed by atoms with Gasteiger partial charge in [0.15, 0.2) is 5.78 Å². The van der Waals surface area contributed by atoms with Crippen LogP contribution < -0.4 is 20.9 Å². The van der Waals surface area contributed by atoms with Crippen LogP contribution in [0, 0.1) is 6.92 Å². The molecule has 0 saturated heterocycles. The fourth-order valence-corrected chi connectivity index (χ4v) is 4.07. The van der Waals surface area contributed by atoms with E-state index in [-0.39, 0.29) is 5.78 Å². The molecule has 0 bridgehead atoms. The zero-order valence-corrected chi connectivity index (χ0v) is 18.9. The zero-order valence-electron chi connectivity index (χ0n) is 18.9. The molecule has 0 fully saturated rings. The van der Waals surface area contributed by atoms with Crippen LogP contribution in [0.25, 0.3) is 22.5 Å². The fraction of sp³-hybridized carbons (Fsp3) is 0.0769. The van der Waals surface area contributed by atoms with Gasteiger partial charge in [-0.1, -0.05) is 29.8 Å². The molecule has 0 aliphatic heterocycles. The van der Waals surface area contributed by atoms with Gasteiger partial charge in [-0.3, -0.25) is 20.1 Å². The zero-order chi connectivity index (χ0) is 24.5. The van der Waals surface area contributed by atoms with Crippen LogP contribution in [0.5, 0.6) is 5.75 Å². The number of benzene rings is 3. The van der Waals surface area contributed by atoms with Crippen LogP contribution in [-0.4, -0.2) is 35.0 Å². The summed E-state index contributed by atoms with van der Waals surface area (Å²) in [6.07, 6.45) is 0. The number of carbonyl (C=O) groups excluding carboxylic acids is 3. The molecule has 4 aromatic rings. The number of methoxy groups -OCH3 is 1. The van der Waals surface area contributed by atoms with Crippen LogP contribution in [0.1, 0.15) is 31.8 Å². The molecule has 0 saturated carbocycles. The van der Waals surface area contributed by atoms with Crippen molar-refractivity contribution in [1.82, 2.24) is 21.0 Å². The number of fused-ring (bicyclic) bond motifs is 3. The van der Waals surface area contributed by atoms with Crippen molar-refractivity contribution in [1.29, 1.82) is 0 Å². The quantitative estimate of drug-likeness (QED) is 0.297. The summed E-state index contributed by atoms with van der Waals surface area (Å²) >= 11 is 0. The average Bonchev–Trinajstić information content (AvgIpc) is 3.43. The third kappa shape index (κ3) is 3.99. The van der Waals surface area contributed by atoms with Crippen molar-refractivity contribution in [2.24, 2.45) is 0 Å². The van der Waals surface area contributed by atoms with E-state index in [4.69, 9.17) is 4.74 Å². The van der Waals surface area contributed by atoms with Gasteiger partial charge in [-0.2, -0.15) is 5.10 Å². The molecule has 3 aromatic carbocycles. The first kappa shape index (κ1) is 21.9. The van der Waals surface area contributed by atoms with Crippen LogP contribution in [0.4, 0.5) is 10.5 Å². The summed E-state index contributed by atoms with van der Waals surface area (Å²) in [5.41, 5.74) is 9.62. The van der Waals surface area contributed by atoms with E-state index in [1.807, 2.05) is 25.1 Å². The number of aromatic amines is 1. The third-order valence-corrected chi connectivity index (χ3v) is 5.74. The maximum absolute atomic E-state index is 13.4. The molecule has 1 aromatic heterocycles. The van der Waals surface area contributed by atoms with Gasteiger partial charge in [0.2, 0.25) is 0 Å². The summed E-state index contributed by atoms with van der Waals surface area (Å²) in [6.45, 7) is 1.87. The number of nitrogens with one attached hydrogen (secondary N) is 4. The standard InChI is InChI=1S/C26H21N5O4/c1-14-5-3-6-16(13-14)25(33)30-31-26(34)27-19-8-4-7-18-20(19)24(32)21-22(28-29-23(18)21)15-9-11-17(35-2)12-10-15/h3-13H,1-2H3,(H,28,29)(H,30,33)(H2,27,31,34). The molecule has 3 amide bonds. The largest absolute Gasteiger partial charge is 0.497 e. The number of hydrogen-bond acceptors (Lipinski definition) is 5. The summed E-state index contributed by atoms with van der Waals surface area (Å²) in [7, 11) is 1.59. The first-order valence-corrected chi connectivity index (χ1v) is 10.8. The molecular weight excluding hydrogens is 446 g/mol. The third-order valence-electron chi connectivity index (χ3n) is 5.74. The maximum Gasteiger partial charge on any atom is 0.337 e. The van der Waals surface area contributed by atoms with Crippen LogP contribution in [0.15, 0.2) is 66.7 Å². The minimum atomic E-state index is -0.686. The number of hydrogen-bond donors (Lipinski definition) is 4. The van der Waals surface area contributed by atoms with E-state index in [0.717, 1.165) is 11.1 Å². The highest BCUT2D eigenvalue weighted by Crippen LogP contribution is 2.43. The van der Waals surface area contributed by atoms with Crippen LogP contribution in [0.3, 0.4) is 0 Å². The highest BCUT2D eigenvalue weighted by Gasteiger charge is 2.35. The van der Waals surface area contributed by atoms with Crippen molar-refractivity contribution in [3.63, 3.8) is 0 Å². The molecule has 0 spiro atoms. The van der Waals surface area contributed by atoms with Gasteiger partial charge in [0.1, 0.15) is 11.4 Å². The molecule has 9 heteroatoms. The molecular formula is C26H21N5O4. The van der Waals surface area contributed by atoms with E-state index in [1.54, 1.807) is 55.6 Å². The Morgan fingerprint density at radius 2 is 1.71 bits per heavy atom. The predicted molar refractivity (Wildman–Crippen MR) is 130 cm³/mol. The fourth-order valence-electron chi connectivity index (χ4n) is 4.07. The number of ether oxygens (including phenoxy) is 1. The van der Waals surface area contributed by atoms with Crippen LogP contribution >= 0.6 is 0 Å². The van der Waals surface area contributed by atoms with Gasteiger partial charge in [0.05, 0.1) is 29.6 Å². The monoisotopic (exact) mass is 467 g/mol. The Kier molecular flexibility index (Phi) is 5.50. The molecule has 5 rings (SSSR count). The lowest BCUT2D eigenvalue weighted by molar-refractivity contribution is 0.0937. The van der Waals surface area contributed by atoms with E-state index in [2.05, 4.69) is 26.4 Å². The number of ketones is 1. The van der Waals surface area contributed by atoms with Gasteiger partial charge in [0, 0.05) is 16.7 Å². The number of hydrazine groups is 1. The van der Waals surface area contributed by atoms with E-state index in [0.29, 0.717) is 45.1 Å². The Morgan fingerprint density at radius 3 is 2.46 bits per heavy atom. The van der Waals surface area contributed by atoms with E-state index in [1.165, 1.54) is 0 Å². The molecule has 0 atom stereocenters. The Morgan fingerprint density at radius 1 is 0.943 bits per heavy atom. The summed E-state index contributed by atoms with van der Waals surface area (Å²) in [4.78, 5) is 38.2. The number of aryl methyl sites for hydroxylation is 1. The lowest BCUT2D eigenvalue weighted by atomic mass is 10.0. The Hall–Kier alpha value is -4.92.